The molecular formula is C29H24ClN3O4S2. The molecule has 0 spiro atoms. The number of carbonyl (C=O) groups excluding carboxylic acids is 1. The lowest BCUT2D eigenvalue weighted by Gasteiger charge is -2.14. The molecule has 1 amide bonds. The van der Waals surface area contributed by atoms with Gasteiger partial charge in [0.05, 0.1) is 17.2 Å². The number of nitrogens with zero attached hydrogens (tertiary/aromatic N) is 2. The van der Waals surface area contributed by atoms with Crippen molar-refractivity contribution in [2.45, 2.75) is 31.3 Å². The third-order valence-electron chi connectivity index (χ3n) is 7.13. The van der Waals surface area contributed by atoms with E-state index in [1.807, 2.05) is 49.4 Å². The minimum atomic E-state index is -0.793. The largest absolute Gasteiger partial charge is 0.481 e. The maximum atomic E-state index is 12.7. The van der Waals surface area contributed by atoms with E-state index in [0.717, 1.165) is 41.4 Å². The predicted molar refractivity (Wildman–Crippen MR) is 156 cm³/mol. The molecule has 7 nitrogen and oxygen atoms in total. The molecule has 198 valence electrons. The van der Waals surface area contributed by atoms with Gasteiger partial charge in [0, 0.05) is 36.8 Å². The number of aliphatic carboxylic acids is 1. The Morgan fingerprint density at radius 3 is 2.33 bits per heavy atom. The highest BCUT2D eigenvalue weighted by Crippen LogP contribution is 2.50. The van der Waals surface area contributed by atoms with Crippen LogP contribution in [-0.4, -0.2) is 26.9 Å². The normalized spacial score (nSPS) is 14.7. The van der Waals surface area contributed by atoms with Gasteiger partial charge in [-0.15, -0.1) is 22.7 Å². The molecule has 2 N–H and O–H groups in total. The van der Waals surface area contributed by atoms with E-state index in [-0.39, 0.29) is 0 Å². The van der Waals surface area contributed by atoms with Crippen LogP contribution in [0.15, 0.2) is 66.9 Å². The highest BCUT2D eigenvalue weighted by atomic mass is 35.5. The number of rotatable bonds is 7. The third-order valence-corrected chi connectivity index (χ3v) is 9.80. The first kappa shape index (κ1) is 25.6. The van der Waals surface area contributed by atoms with Crippen molar-refractivity contribution < 1.29 is 19.4 Å². The topological polar surface area (TPSA) is 93.4 Å². The van der Waals surface area contributed by atoms with Gasteiger partial charge in [0.1, 0.15) is 11.9 Å². The summed E-state index contributed by atoms with van der Waals surface area (Å²) in [6.45, 7) is 1.83. The van der Waals surface area contributed by atoms with E-state index in [1.165, 1.54) is 0 Å². The molecule has 1 saturated carbocycles. The molecule has 1 unspecified atom stereocenters. The maximum absolute atomic E-state index is 12.7. The van der Waals surface area contributed by atoms with Crippen molar-refractivity contribution in [3.8, 4) is 20.9 Å². The minimum absolute atomic E-state index is 0.395. The molecule has 1 aliphatic rings. The second kappa shape index (κ2) is 9.82. The van der Waals surface area contributed by atoms with Crippen LogP contribution in [0.4, 0.5) is 10.6 Å². The van der Waals surface area contributed by atoms with Gasteiger partial charge in [0.15, 0.2) is 0 Å². The molecule has 0 bridgehead atoms. The van der Waals surface area contributed by atoms with Crippen LogP contribution >= 0.6 is 34.3 Å². The van der Waals surface area contributed by atoms with Crippen LogP contribution in [-0.2, 0) is 22.0 Å². The lowest BCUT2D eigenvalue weighted by Crippen LogP contribution is -2.19. The van der Waals surface area contributed by atoms with E-state index in [1.54, 1.807) is 46.7 Å². The number of hydrogen-bond acceptors (Lipinski definition) is 6. The quantitative estimate of drug-likeness (QED) is 0.204. The number of carboxylic acids is 1. The summed E-state index contributed by atoms with van der Waals surface area (Å²) in [5, 5.41) is 17.4. The predicted octanol–water partition coefficient (Wildman–Crippen LogP) is 8.11. The molecule has 1 atom stereocenters. The monoisotopic (exact) mass is 577 g/mol. The molecule has 3 heterocycles. The van der Waals surface area contributed by atoms with Gasteiger partial charge in [-0.05, 0) is 49.1 Å². The number of hydrogen-bond donors (Lipinski definition) is 2. The third kappa shape index (κ3) is 4.71. The van der Waals surface area contributed by atoms with Crippen molar-refractivity contribution in [2.24, 2.45) is 7.05 Å². The van der Waals surface area contributed by atoms with Gasteiger partial charge in [-0.25, -0.2) is 4.79 Å². The molecular weight excluding hydrogens is 554 g/mol. The van der Waals surface area contributed by atoms with Gasteiger partial charge in [0.2, 0.25) is 0 Å². The number of ether oxygens (including phenoxy) is 1. The van der Waals surface area contributed by atoms with Crippen LogP contribution in [0.3, 0.4) is 0 Å². The second-order valence-electron chi connectivity index (χ2n) is 9.65. The van der Waals surface area contributed by atoms with E-state index < -0.39 is 23.6 Å². The van der Waals surface area contributed by atoms with E-state index >= 15 is 0 Å². The molecule has 39 heavy (non-hydrogen) atoms. The number of nitrogens with one attached hydrogen (secondary N) is 1. The SMILES string of the molecule is CC(OC(=O)Nc1c(-c2cc3sc(-c4ccc(C5(C(=O)O)CC5)cc4Cl)cc3s2)cnn1C)c1ccccc1. The number of halogens is 1. The van der Waals surface area contributed by atoms with Crippen molar-refractivity contribution in [3.05, 3.63) is 83.0 Å². The van der Waals surface area contributed by atoms with Gasteiger partial charge in [-0.1, -0.05) is 54.1 Å². The molecule has 10 heteroatoms. The van der Waals surface area contributed by atoms with Crippen LogP contribution in [0.1, 0.15) is 37.0 Å². The fraction of sp³-hybridized carbons (Fsp3) is 0.207. The number of amides is 1. The van der Waals surface area contributed by atoms with Crippen LogP contribution in [0.5, 0.6) is 0 Å². The molecule has 0 radical (unpaired) electrons. The highest BCUT2D eigenvalue weighted by molar-refractivity contribution is 7.31. The molecule has 2 aromatic carbocycles. The Labute approximate surface area is 237 Å². The van der Waals surface area contributed by atoms with Gasteiger partial charge < -0.3 is 9.84 Å². The maximum Gasteiger partial charge on any atom is 0.413 e. The van der Waals surface area contributed by atoms with Gasteiger partial charge in [-0.3, -0.25) is 14.8 Å². The number of carboxylic acid groups (broad SMARTS) is 1. The first-order valence-corrected chi connectivity index (χ1v) is 14.4. The van der Waals surface area contributed by atoms with Crippen molar-refractivity contribution in [1.82, 2.24) is 9.78 Å². The van der Waals surface area contributed by atoms with Crippen molar-refractivity contribution in [1.29, 1.82) is 0 Å². The van der Waals surface area contributed by atoms with Crippen LogP contribution in [0.2, 0.25) is 5.02 Å². The van der Waals surface area contributed by atoms with Gasteiger partial charge in [-0.2, -0.15) is 5.10 Å². The van der Waals surface area contributed by atoms with E-state index in [9.17, 15) is 14.7 Å². The summed E-state index contributed by atoms with van der Waals surface area (Å²) < 4.78 is 9.38. The van der Waals surface area contributed by atoms with Crippen LogP contribution in [0.25, 0.3) is 30.3 Å². The summed E-state index contributed by atoms with van der Waals surface area (Å²) in [4.78, 5) is 26.4. The number of anilines is 1. The van der Waals surface area contributed by atoms with E-state index in [4.69, 9.17) is 16.3 Å². The molecule has 0 aliphatic heterocycles. The first-order chi connectivity index (χ1) is 18.7. The summed E-state index contributed by atoms with van der Waals surface area (Å²) in [6, 6.07) is 19.3. The Bertz CT molecular complexity index is 1690. The second-order valence-corrected chi connectivity index (χ2v) is 12.2. The van der Waals surface area contributed by atoms with Crippen molar-refractivity contribution in [3.63, 3.8) is 0 Å². The number of carbonyl (C=O) groups is 2. The highest BCUT2D eigenvalue weighted by Gasteiger charge is 2.51. The Balaban J connectivity index is 1.22. The first-order valence-electron chi connectivity index (χ1n) is 12.4. The van der Waals surface area contributed by atoms with Crippen molar-refractivity contribution in [2.75, 3.05) is 5.32 Å². The number of fused-ring (bicyclic) bond motifs is 1. The summed E-state index contributed by atoms with van der Waals surface area (Å²) >= 11 is 9.85. The minimum Gasteiger partial charge on any atom is -0.481 e. The van der Waals surface area contributed by atoms with Crippen LogP contribution < -0.4 is 5.32 Å². The molecule has 6 rings (SSSR count). The Morgan fingerprint density at radius 2 is 1.72 bits per heavy atom. The molecule has 1 fully saturated rings. The zero-order valence-electron chi connectivity index (χ0n) is 21.1. The van der Waals surface area contributed by atoms with E-state index in [2.05, 4.69) is 22.5 Å². The van der Waals surface area contributed by atoms with Gasteiger partial charge >= 0.3 is 12.1 Å². The number of benzene rings is 2. The average molecular weight is 578 g/mol. The Morgan fingerprint density at radius 1 is 1.05 bits per heavy atom. The lowest BCUT2D eigenvalue weighted by atomic mass is 9.95. The van der Waals surface area contributed by atoms with Gasteiger partial charge in [0.25, 0.3) is 0 Å². The van der Waals surface area contributed by atoms with Crippen molar-refractivity contribution >= 4 is 61.6 Å². The number of aryl methyl sites for hydroxylation is 1. The Kier molecular flexibility index (Phi) is 6.45. The fourth-order valence-corrected chi connectivity index (χ4v) is 7.49. The Hall–Kier alpha value is -3.66. The molecule has 0 saturated heterocycles. The van der Waals surface area contributed by atoms with E-state index in [0.29, 0.717) is 23.7 Å². The molecule has 5 aromatic rings. The number of thiophene rings is 2. The van der Waals surface area contributed by atoms with Crippen LogP contribution in [0, 0.1) is 0 Å². The zero-order chi connectivity index (χ0) is 27.3. The molecule has 1 aliphatic carbocycles. The fourth-order valence-electron chi connectivity index (χ4n) is 4.71. The number of aromatic nitrogens is 2. The molecule has 3 aromatic heterocycles. The lowest BCUT2D eigenvalue weighted by molar-refractivity contribution is -0.140. The summed E-state index contributed by atoms with van der Waals surface area (Å²) in [6.07, 6.45) is 2.08. The zero-order valence-corrected chi connectivity index (χ0v) is 23.5. The smallest absolute Gasteiger partial charge is 0.413 e. The summed E-state index contributed by atoms with van der Waals surface area (Å²) in [7, 11) is 1.77. The average Bonchev–Trinajstić information content (AvgIpc) is 3.35. The summed E-state index contributed by atoms with van der Waals surface area (Å²) in [5.41, 5.74) is 2.58. The standard InChI is InChI=1S/C29H24ClN3O4S2/c1-16(17-6-4-3-5-7-17)37-28(36)32-26-20(15-31-33(26)2)23-14-25-24(39-23)13-22(38-25)19-9-8-18(12-21(19)30)29(10-11-29)27(34)35/h3-9,12-16H,10-11H2,1-2H3,(H,32,36)(H,34,35). The summed E-state index contributed by atoms with van der Waals surface area (Å²) in [5.74, 6) is -0.237.